The molecule has 1 aromatic carbocycles. The lowest BCUT2D eigenvalue weighted by Crippen LogP contribution is -2.27. The van der Waals surface area contributed by atoms with Crippen molar-refractivity contribution in [3.8, 4) is 0 Å². The normalized spacial score (nSPS) is 10.7. The van der Waals surface area contributed by atoms with Crippen molar-refractivity contribution < 1.29 is 4.79 Å². The fourth-order valence-electron chi connectivity index (χ4n) is 2.02. The summed E-state index contributed by atoms with van der Waals surface area (Å²) in [5.41, 5.74) is 2.41. The third-order valence-electron chi connectivity index (χ3n) is 2.90. The highest BCUT2D eigenvalue weighted by Crippen LogP contribution is 2.16. The van der Waals surface area contributed by atoms with Gasteiger partial charge in [0, 0.05) is 43.2 Å². The number of hydrogen-bond donors (Lipinski definition) is 3. The van der Waals surface area contributed by atoms with Gasteiger partial charge in [-0.2, -0.15) is 0 Å². The third kappa shape index (κ3) is 3.11. The van der Waals surface area contributed by atoms with E-state index in [1.54, 1.807) is 0 Å². The Morgan fingerprint density at radius 1 is 1.33 bits per heavy atom. The third-order valence-corrected chi connectivity index (χ3v) is 2.90. The number of benzene rings is 1. The number of rotatable bonds is 6. The molecule has 0 bridgehead atoms. The Kier molecular flexibility index (Phi) is 4.36. The largest absolute Gasteiger partial charge is 0.361 e. The predicted octanol–water partition coefficient (Wildman–Crippen LogP) is 1.78. The Morgan fingerprint density at radius 2 is 2.22 bits per heavy atom. The van der Waals surface area contributed by atoms with E-state index in [0.717, 1.165) is 12.1 Å². The van der Waals surface area contributed by atoms with Crippen LogP contribution in [0, 0.1) is 0 Å². The van der Waals surface area contributed by atoms with Crippen LogP contribution in [0.25, 0.3) is 10.9 Å². The summed E-state index contributed by atoms with van der Waals surface area (Å²) in [6.45, 7) is 4.11. The second-order valence-electron chi connectivity index (χ2n) is 4.24. The van der Waals surface area contributed by atoms with E-state index < -0.39 is 0 Å². The zero-order chi connectivity index (χ0) is 12.8. The van der Waals surface area contributed by atoms with Gasteiger partial charge in [0.25, 0.3) is 0 Å². The van der Waals surface area contributed by atoms with E-state index in [4.69, 9.17) is 0 Å². The predicted molar refractivity (Wildman–Crippen MR) is 73.3 cm³/mol. The second kappa shape index (κ2) is 6.21. The van der Waals surface area contributed by atoms with Crippen molar-refractivity contribution in [2.45, 2.75) is 19.9 Å². The van der Waals surface area contributed by atoms with Crippen LogP contribution in [-0.4, -0.2) is 24.0 Å². The van der Waals surface area contributed by atoms with E-state index in [-0.39, 0.29) is 5.91 Å². The summed E-state index contributed by atoms with van der Waals surface area (Å²) in [4.78, 5) is 14.5. The molecule has 2 aromatic rings. The molecular formula is C14H19N3O. The maximum Gasteiger partial charge on any atom is 0.221 e. The van der Waals surface area contributed by atoms with Crippen LogP contribution in [0.5, 0.6) is 0 Å². The quantitative estimate of drug-likeness (QED) is 0.679. The number of fused-ring (bicyclic) bond motifs is 1. The SMILES string of the molecule is CCNC(=O)CCNCc1cccc2[nH]ccc12. The molecule has 0 fully saturated rings. The summed E-state index contributed by atoms with van der Waals surface area (Å²) in [6, 6.07) is 8.29. The number of carbonyl (C=O) groups is 1. The fourth-order valence-corrected chi connectivity index (χ4v) is 2.02. The van der Waals surface area contributed by atoms with Crippen molar-refractivity contribution >= 4 is 16.8 Å². The highest BCUT2D eigenvalue weighted by Gasteiger charge is 2.02. The van der Waals surface area contributed by atoms with Crippen LogP contribution in [0.4, 0.5) is 0 Å². The molecule has 0 saturated heterocycles. The summed E-state index contributed by atoms with van der Waals surface area (Å²) < 4.78 is 0. The molecule has 1 amide bonds. The Labute approximate surface area is 107 Å². The van der Waals surface area contributed by atoms with Gasteiger partial charge in [-0.25, -0.2) is 0 Å². The zero-order valence-corrected chi connectivity index (χ0v) is 10.6. The molecule has 3 N–H and O–H groups in total. The van der Waals surface area contributed by atoms with Crippen molar-refractivity contribution in [1.29, 1.82) is 0 Å². The molecule has 1 aromatic heterocycles. The lowest BCUT2D eigenvalue weighted by Gasteiger charge is -2.06. The molecule has 0 aliphatic heterocycles. The highest BCUT2D eigenvalue weighted by atomic mass is 16.1. The first-order valence-corrected chi connectivity index (χ1v) is 6.33. The lowest BCUT2D eigenvalue weighted by atomic mass is 10.1. The Balaban J connectivity index is 1.83. The van der Waals surface area contributed by atoms with Crippen molar-refractivity contribution in [2.75, 3.05) is 13.1 Å². The minimum Gasteiger partial charge on any atom is -0.361 e. The monoisotopic (exact) mass is 245 g/mol. The molecule has 0 atom stereocenters. The molecule has 0 aliphatic carbocycles. The summed E-state index contributed by atoms with van der Waals surface area (Å²) in [5.74, 6) is 0.102. The van der Waals surface area contributed by atoms with Crippen molar-refractivity contribution in [1.82, 2.24) is 15.6 Å². The average Bonchev–Trinajstić information content (AvgIpc) is 2.84. The number of hydrogen-bond acceptors (Lipinski definition) is 2. The molecule has 18 heavy (non-hydrogen) atoms. The van der Waals surface area contributed by atoms with Gasteiger partial charge in [0.1, 0.15) is 0 Å². The first-order valence-electron chi connectivity index (χ1n) is 6.33. The number of aromatic amines is 1. The average molecular weight is 245 g/mol. The number of aromatic nitrogens is 1. The van der Waals surface area contributed by atoms with E-state index in [2.05, 4.69) is 33.8 Å². The molecule has 2 rings (SSSR count). The summed E-state index contributed by atoms with van der Waals surface area (Å²) in [7, 11) is 0. The molecular weight excluding hydrogens is 226 g/mol. The van der Waals surface area contributed by atoms with Crippen molar-refractivity contribution in [2.24, 2.45) is 0 Å². The smallest absolute Gasteiger partial charge is 0.221 e. The number of carbonyl (C=O) groups excluding carboxylic acids is 1. The minimum atomic E-state index is 0.102. The Morgan fingerprint density at radius 3 is 3.06 bits per heavy atom. The van der Waals surface area contributed by atoms with Gasteiger partial charge < -0.3 is 15.6 Å². The van der Waals surface area contributed by atoms with Gasteiger partial charge >= 0.3 is 0 Å². The molecule has 0 radical (unpaired) electrons. The van der Waals surface area contributed by atoms with Crippen LogP contribution in [0.3, 0.4) is 0 Å². The van der Waals surface area contributed by atoms with E-state index >= 15 is 0 Å². The van der Waals surface area contributed by atoms with E-state index in [1.807, 2.05) is 19.2 Å². The standard InChI is InChI=1S/C14H19N3O/c1-2-16-14(18)7-8-15-10-11-4-3-5-13-12(11)6-9-17-13/h3-6,9,15,17H,2,7-8,10H2,1H3,(H,16,18). The number of nitrogens with one attached hydrogen (secondary N) is 3. The Hall–Kier alpha value is -1.81. The van der Waals surface area contributed by atoms with Crippen LogP contribution in [0.1, 0.15) is 18.9 Å². The van der Waals surface area contributed by atoms with Gasteiger partial charge in [-0.15, -0.1) is 0 Å². The van der Waals surface area contributed by atoms with Gasteiger partial charge in [0.2, 0.25) is 5.91 Å². The second-order valence-corrected chi connectivity index (χ2v) is 4.24. The maximum absolute atomic E-state index is 11.3. The van der Waals surface area contributed by atoms with Crippen LogP contribution in [-0.2, 0) is 11.3 Å². The van der Waals surface area contributed by atoms with E-state index in [1.165, 1.54) is 10.9 Å². The van der Waals surface area contributed by atoms with Crippen LogP contribution >= 0.6 is 0 Å². The topological polar surface area (TPSA) is 56.9 Å². The van der Waals surface area contributed by atoms with E-state index in [9.17, 15) is 4.79 Å². The summed E-state index contributed by atoms with van der Waals surface area (Å²) in [5, 5.41) is 7.32. The molecule has 4 nitrogen and oxygen atoms in total. The number of amides is 1. The molecule has 0 saturated carbocycles. The molecule has 0 spiro atoms. The summed E-state index contributed by atoms with van der Waals surface area (Å²) >= 11 is 0. The first-order chi connectivity index (χ1) is 8.81. The van der Waals surface area contributed by atoms with Crippen molar-refractivity contribution in [3.63, 3.8) is 0 Å². The Bertz CT molecular complexity index is 518. The minimum absolute atomic E-state index is 0.102. The molecule has 4 heteroatoms. The van der Waals surface area contributed by atoms with Gasteiger partial charge in [0.15, 0.2) is 0 Å². The van der Waals surface area contributed by atoms with Gasteiger partial charge in [-0.05, 0) is 24.6 Å². The molecule has 1 heterocycles. The fraction of sp³-hybridized carbons (Fsp3) is 0.357. The summed E-state index contributed by atoms with van der Waals surface area (Å²) in [6.07, 6.45) is 2.47. The van der Waals surface area contributed by atoms with Crippen LogP contribution in [0.2, 0.25) is 0 Å². The lowest BCUT2D eigenvalue weighted by molar-refractivity contribution is -0.120. The zero-order valence-electron chi connectivity index (χ0n) is 10.6. The van der Waals surface area contributed by atoms with Crippen LogP contribution in [0.15, 0.2) is 30.5 Å². The van der Waals surface area contributed by atoms with Gasteiger partial charge in [-0.3, -0.25) is 4.79 Å². The van der Waals surface area contributed by atoms with Gasteiger partial charge in [0.05, 0.1) is 0 Å². The molecule has 0 aliphatic rings. The maximum atomic E-state index is 11.3. The molecule has 0 unspecified atom stereocenters. The highest BCUT2D eigenvalue weighted by molar-refractivity contribution is 5.82. The van der Waals surface area contributed by atoms with Crippen LogP contribution < -0.4 is 10.6 Å². The first kappa shape index (κ1) is 12.6. The van der Waals surface area contributed by atoms with Crippen molar-refractivity contribution in [3.05, 3.63) is 36.0 Å². The van der Waals surface area contributed by atoms with E-state index in [0.29, 0.717) is 19.5 Å². The van der Waals surface area contributed by atoms with Gasteiger partial charge in [-0.1, -0.05) is 12.1 Å². The molecule has 96 valence electrons. The number of H-pyrrole nitrogens is 1.